The fourth-order valence-corrected chi connectivity index (χ4v) is 4.45. The van der Waals surface area contributed by atoms with Crippen LogP contribution in [0.1, 0.15) is 5.56 Å². The highest BCUT2D eigenvalue weighted by molar-refractivity contribution is 5.88. The van der Waals surface area contributed by atoms with Gasteiger partial charge in [0.1, 0.15) is 58.5 Å². The zero-order valence-corrected chi connectivity index (χ0v) is 21.7. The van der Waals surface area contributed by atoms with Gasteiger partial charge in [0.05, 0.1) is 12.2 Å². The van der Waals surface area contributed by atoms with Gasteiger partial charge in [-0.1, -0.05) is 24.3 Å². The zero-order valence-electron chi connectivity index (χ0n) is 21.7. The maximum atomic E-state index is 13.1. The standard InChI is InChI=1S/C30H26O12/c31-13-23-27(37)28(38)29(42-24(35)10-3-15-1-6-17(32)7-2-15)30(41-23)40-19-11-21(34)25-22(12-19)39-14-20(26(25)36)16-4-8-18(33)9-5-16/h1-12,14,23,27-34,37-38H,13H2/b10-3+/t23-,27-,28+,29-,30-/m1/s1. The molecule has 1 saturated heterocycles. The molecule has 0 amide bonds. The number of rotatable bonds is 7. The van der Waals surface area contributed by atoms with Crippen molar-refractivity contribution < 1.29 is 54.1 Å². The first kappa shape index (κ1) is 28.6. The number of carbonyl (C=O) groups is 1. The number of hydrogen-bond donors (Lipinski definition) is 6. The van der Waals surface area contributed by atoms with Gasteiger partial charge >= 0.3 is 5.97 Å². The fourth-order valence-electron chi connectivity index (χ4n) is 4.45. The number of carbonyl (C=O) groups excluding carboxylic acids is 1. The summed E-state index contributed by atoms with van der Waals surface area (Å²) in [5, 5.41) is 60.2. The van der Waals surface area contributed by atoms with Crippen molar-refractivity contribution in [2.45, 2.75) is 30.7 Å². The van der Waals surface area contributed by atoms with E-state index in [1.54, 1.807) is 12.1 Å². The van der Waals surface area contributed by atoms with Gasteiger partial charge in [-0.25, -0.2) is 4.79 Å². The summed E-state index contributed by atoms with van der Waals surface area (Å²) >= 11 is 0. The summed E-state index contributed by atoms with van der Waals surface area (Å²) in [6, 6.07) is 14.2. The summed E-state index contributed by atoms with van der Waals surface area (Å²) < 4.78 is 22.3. The van der Waals surface area contributed by atoms with Gasteiger partial charge in [-0.15, -0.1) is 0 Å². The maximum absolute atomic E-state index is 13.1. The first-order valence-electron chi connectivity index (χ1n) is 12.7. The molecule has 4 aromatic rings. The number of ether oxygens (including phenoxy) is 3. The normalized spacial score (nSPS) is 22.3. The summed E-state index contributed by atoms with van der Waals surface area (Å²) in [4.78, 5) is 25.7. The molecule has 12 heteroatoms. The smallest absolute Gasteiger partial charge is 0.331 e. The molecule has 1 aromatic heterocycles. The van der Waals surface area contributed by atoms with E-state index in [0.29, 0.717) is 11.1 Å². The van der Waals surface area contributed by atoms with E-state index in [-0.39, 0.29) is 33.8 Å². The predicted molar refractivity (Wildman–Crippen MR) is 147 cm³/mol. The molecule has 0 aliphatic carbocycles. The molecule has 0 saturated carbocycles. The third kappa shape index (κ3) is 5.92. The minimum Gasteiger partial charge on any atom is -0.508 e. The molecule has 1 fully saturated rings. The number of benzene rings is 3. The van der Waals surface area contributed by atoms with E-state index in [2.05, 4.69) is 0 Å². The van der Waals surface area contributed by atoms with Crippen molar-refractivity contribution in [1.29, 1.82) is 0 Å². The second-order valence-corrected chi connectivity index (χ2v) is 9.49. The summed E-state index contributed by atoms with van der Waals surface area (Å²) in [6.45, 7) is -0.697. The van der Waals surface area contributed by atoms with Crippen molar-refractivity contribution in [3.05, 3.63) is 88.8 Å². The third-order valence-corrected chi connectivity index (χ3v) is 6.64. The average Bonchev–Trinajstić information content (AvgIpc) is 2.97. The number of fused-ring (bicyclic) bond motifs is 1. The second-order valence-electron chi connectivity index (χ2n) is 9.49. The molecule has 5 rings (SSSR count). The Labute approximate surface area is 237 Å². The van der Waals surface area contributed by atoms with Crippen molar-refractivity contribution in [2.24, 2.45) is 0 Å². The van der Waals surface area contributed by atoms with Crippen molar-refractivity contribution in [3.8, 4) is 34.1 Å². The van der Waals surface area contributed by atoms with E-state index in [4.69, 9.17) is 18.6 Å². The van der Waals surface area contributed by atoms with Crippen molar-refractivity contribution in [2.75, 3.05) is 6.61 Å². The van der Waals surface area contributed by atoms with Crippen molar-refractivity contribution >= 4 is 23.0 Å². The number of aliphatic hydroxyl groups excluding tert-OH is 3. The van der Waals surface area contributed by atoms with Crippen LogP contribution in [0.25, 0.3) is 28.2 Å². The molecule has 1 aliphatic heterocycles. The molecule has 218 valence electrons. The van der Waals surface area contributed by atoms with Gasteiger partial charge in [0.25, 0.3) is 0 Å². The molecule has 6 N–H and O–H groups in total. The molecule has 0 bridgehead atoms. The number of hydrogen-bond acceptors (Lipinski definition) is 12. The molecular weight excluding hydrogens is 552 g/mol. The molecule has 0 radical (unpaired) electrons. The van der Waals surface area contributed by atoms with Gasteiger partial charge in [-0.05, 0) is 41.5 Å². The highest BCUT2D eigenvalue weighted by atomic mass is 16.7. The van der Waals surface area contributed by atoms with Crippen LogP contribution in [0.4, 0.5) is 0 Å². The number of aliphatic hydroxyl groups is 3. The maximum Gasteiger partial charge on any atom is 0.331 e. The summed E-state index contributed by atoms with van der Waals surface area (Å²) in [6.07, 6.45) is -4.16. The monoisotopic (exact) mass is 578 g/mol. The van der Waals surface area contributed by atoms with E-state index >= 15 is 0 Å². The Bertz CT molecular complexity index is 1660. The Hall–Kier alpha value is -4.88. The Kier molecular flexibility index (Phi) is 8.13. The minimum absolute atomic E-state index is 0.0110. The SMILES string of the molecule is O=C(/C=C/c1ccc(O)cc1)O[C@H]1[C@H](Oc2cc(O)c3c(=O)c(-c4ccc(O)cc4)coc3c2)O[C@H](CO)[C@@H](O)[C@@H]1O. The molecular formula is C30H26O12. The second kappa shape index (κ2) is 11.9. The van der Waals surface area contributed by atoms with Crippen LogP contribution in [0.15, 0.2) is 82.2 Å². The molecule has 5 atom stereocenters. The Morgan fingerprint density at radius 3 is 2.26 bits per heavy atom. The van der Waals surface area contributed by atoms with E-state index in [9.17, 15) is 40.2 Å². The van der Waals surface area contributed by atoms with Gasteiger partial charge in [-0.2, -0.15) is 0 Å². The molecule has 12 nitrogen and oxygen atoms in total. The lowest BCUT2D eigenvalue weighted by Gasteiger charge is -2.41. The summed E-state index contributed by atoms with van der Waals surface area (Å²) in [7, 11) is 0. The number of aromatic hydroxyl groups is 3. The third-order valence-electron chi connectivity index (χ3n) is 6.64. The number of esters is 1. The lowest BCUT2D eigenvalue weighted by molar-refractivity contribution is -0.281. The lowest BCUT2D eigenvalue weighted by Crippen LogP contribution is -2.61. The van der Waals surface area contributed by atoms with Crippen molar-refractivity contribution in [3.63, 3.8) is 0 Å². The molecule has 1 aliphatic rings. The zero-order chi connectivity index (χ0) is 30.0. The van der Waals surface area contributed by atoms with E-state index < -0.39 is 54.5 Å². The summed E-state index contributed by atoms with van der Waals surface area (Å²) in [5.41, 5.74) is 0.548. The minimum atomic E-state index is -1.73. The van der Waals surface area contributed by atoms with Gasteiger partial charge < -0.3 is 49.3 Å². The van der Waals surface area contributed by atoms with Gasteiger partial charge in [0.15, 0.2) is 6.10 Å². The first-order valence-corrected chi connectivity index (χ1v) is 12.7. The van der Waals surface area contributed by atoms with Gasteiger partial charge in [0.2, 0.25) is 11.7 Å². The number of phenols is 3. The Morgan fingerprint density at radius 1 is 0.929 bits per heavy atom. The number of phenolic OH excluding ortho intramolecular Hbond substituents is 3. The average molecular weight is 579 g/mol. The van der Waals surface area contributed by atoms with Crippen LogP contribution in [-0.4, -0.2) is 73.9 Å². The molecule has 2 heterocycles. The van der Waals surface area contributed by atoms with Crippen LogP contribution >= 0.6 is 0 Å². The van der Waals surface area contributed by atoms with Crippen LogP contribution in [0.5, 0.6) is 23.0 Å². The predicted octanol–water partition coefficient (Wildman–Crippen LogP) is 2.02. The summed E-state index contributed by atoms with van der Waals surface area (Å²) in [5.74, 6) is -1.48. The molecule has 0 spiro atoms. The lowest BCUT2D eigenvalue weighted by atomic mass is 9.99. The van der Waals surface area contributed by atoms with Crippen molar-refractivity contribution in [1.82, 2.24) is 0 Å². The van der Waals surface area contributed by atoms with E-state index in [1.165, 1.54) is 54.8 Å². The van der Waals surface area contributed by atoms with Crippen LogP contribution in [0.2, 0.25) is 0 Å². The van der Waals surface area contributed by atoms with Crippen LogP contribution in [-0.2, 0) is 14.3 Å². The topological polar surface area (TPSA) is 196 Å². The van der Waals surface area contributed by atoms with Gasteiger partial charge in [-0.3, -0.25) is 4.79 Å². The highest BCUT2D eigenvalue weighted by Gasteiger charge is 2.48. The Morgan fingerprint density at radius 2 is 1.60 bits per heavy atom. The van der Waals surface area contributed by atoms with Crippen LogP contribution < -0.4 is 10.2 Å². The fraction of sp³-hybridized carbons (Fsp3) is 0.200. The van der Waals surface area contributed by atoms with Crippen LogP contribution in [0, 0.1) is 0 Å². The molecule has 0 unspecified atom stereocenters. The highest BCUT2D eigenvalue weighted by Crippen LogP contribution is 2.33. The molecule has 42 heavy (non-hydrogen) atoms. The van der Waals surface area contributed by atoms with Crippen LogP contribution in [0.3, 0.4) is 0 Å². The van der Waals surface area contributed by atoms with Gasteiger partial charge in [0, 0.05) is 18.2 Å². The quantitative estimate of drug-likeness (QED) is 0.138. The Balaban J connectivity index is 1.41. The largest absolute Gasteiger partial charge is 0.508 e. The molecule has 3 aromatic carbocycles. The first-order chi connectivity index (χ1) is 20.1. The van der Waals surface area contributed by atoms with E-state index in [0.717, 1.165) is 12.1 Å². The van der Waals surface area contributed by atoms with E-state index in [1.807, 2.05) is 0 Å².